The highest BCUT2D eigenvalue weighted by molar-refractivity contribution is 6.31. The van der Waals surface area contributed by atoms with E-state index >= 15 is 0 Å². The van der Waals surface area contributed by atoms with Crippen molar-refractivity contribution in [2.24, 2.45) is 0 Å². The molecule has 0 saturated heterocycles. The van der Waals surface area contributed by atoms with E-state index in [9.17, 15) is 0 Å². The molecule has 0 aliphatic carbocycles. The molecule has 0 unspecified atom stereocenters. The predicted octanol–water partition coefficient (Wildman–Crippen LogP) is 3.61. The number of hydrogen-bond donors (Lipinski definition) is 2. The highest BCUT2D eigenvalue weighted by Crippen LogP contribution is 2.14. The fraction of sp³-hybridized carbons (Fsp3) is 0.368. The molecule has 0 aromatic heterocycles. The van der Waals surface area contributed by atoms with Crippen molar-refractivity contribution in [3.8, 4) is 0 Å². The second kappa shape index (κ2) is 9.62. The Morgan fingerprint density at radius 1 is 0.818 bits per heavy atom. The second-order valence-corrected chi connectivity index (χ2v) is 5.99. The minimum atomic E-state index is 0.862. The smallest absolute Gasteiger partial charge is 0.0438 e. The summed E-state index contributed by atoms with van der Waals surface area (Å²) in [6.45, 7) is 6.10. The van der Waals surface area contributed by atoms with Crippen LogP contribution in [-0.2, 0) is 12.8 Å². The third-order valence-corrected chi connectivity index (χ3v) is 4.05. The molecule has 0 saturated carbocycles. The van der Waals surface area contributed by atoms with E-state index in [-0.39, 0.29) is 0 Å². The lowest BCUT2D eigenvalue weighted by atomic mass is 10.1. The minimum Gasteiger partial charge on any atom is -0.315 e. The second-order valence-electron chi connectivity index (χ2n) is 5.58. The fourth-order valence-corrected chi connectivity index (χ4v) is 2.68. The first kappa shape index (κ1) is 17.0. The van der Waals surface area contributed by atoms with Gasteiger partial charge in [-0.1, -0.05) is 59.6 Å². The molecule has 118 valence electrons. The first-order valence-electron chi connectivity index (χ1n) is 7.96. The molecule has 0 radical (unpaired) electrons. The third-order valence-electron chi connectivity index (χ3n) is 3.68. The molecular formula is C19H25ClN2. The van der Waals surface area contributed by atoms with Gasteiger partial charge in [0, 0.05) is 18.1 Å². The van der Waals surface area contributed by atoms with Crippen molar-refractivity contribution in [3.05, 3.63) is 70.2 Å². The zero-order valence-corrected chi connectivity index (χ0v) is 14.0. The molecule has 2 nitrogen and oxygen atoms in total. The molecule has 0 fully saturated rings. The first-order valence-corrected chi connectivity index (χ1v) is 8.34. The van der Waals surface area contributed by atoms with Crippen molar-refractivity contribution >= 4 is 11.6 Å². The van der Waals surface area contributed by atoms with Crippen LogP contribution in [0, 0.1) is 6.92 Å². The summed E-state index contributed by atoms with van der Waals surface area (Å²) < 4.78 is 0. The number of aryl methyl sites for hydroxylation is 1. The maximum absolute atomic E-state index is 6.13. The van der Waals surface area contributed by atoms with Crippen molar-refractivity contribution in [1.82, 2.24) is 10.6 Å². The number of hydrogen-bond acceptors (Lipinski definition) is 2. The Bertz CT molecular complexity index is 569. The molecule has 0 bridgehead atoms. The topological polar surface area (TPSA) is 24.1 Å². The zero-order chi connectivity index (χ0) is 15.6. The van der Waals surface area contributed by atoms with Crippen molar-refractivity contribution in [2.45, 2.75) is 19.8 Å². The Labute approximate surface area is 138 Å². The average molecular weight is 317 g/mol. The van der Waals surface area contributed by atoms with E-state index in [4.69, 9.17) is 11.6 Å². The van der Waals surface area contributed by atoms with Crippen LogP contribution in [0.2, 0.25) is 5.02 Å². The molecule has 0 aliphatic heterocycles. The highest BCUT2D eigenvalue weighted by atomic mass is 35.5. The Hall–Kier alpha value is -1.35. The molecule has 0 atom stereocenters. The van der Waals surface area contributed by atoms with Crippen molar-refractivity contribution in [2.75, 3.05) is 26.2 Å². The Morgan fingerprint density at radius 3 is 2.27 bits per heavy atom. The summed E-state index contributed by atoms with van der Waals surface area (Å²) >= 11 is 6.13. The number of rotatable bonds is 9. The molecule has 2 aromatic rings. The van der Waals surface area contributed by atoms with Gasteiger partial charge in [0.1, 0.15) is 0 Å². The monoisotopic (exact) mass is 316 g/mol. The predicted molar refractivity (Wildman–Crippen MR) is 95.8 cm³/mol. The largest absolute Gasteiger partial charge is 0.315 e. The van der Waals surface area contributed by atoms with Crippen LogP contribution in [0.25, 0.3) is 0 Å². The quantitative estimate of drug-likeness (QED) is 0.691. The maximum atomic E-state index is 6.13. The summed E-state index contributed by atoms with van der Waals surface area (Å²) in [6.07, 6.45) is 2.06. The van der Waals surface area contributed by atoms with Gasteiger partial charge in [0.25, 0.3) is 0 Å². The van der Waals surface area contributed by atoms with Gasteiger partial charge in [-0.2, -0.15) is 0 Å². The van der Waals surface area contributed by atoms with Crippen LogP contribution >= 0.6 is 11.6 Å². The van der Waals surface area contributed by atoms with Gasteiger partial charge in [-0.25, -0.2) is 0 Å². The van der Waals surface area contributed by atoms with Crippen LogP contribution in [-0.4, -0.2) is 26.2 Å². The van der Waals surface area contributed by atoms with E-state index in [1.54, 1.807) is 0 Å². The SMILES string of the molecule is Cc1cccc(CCNCCNCCc2ccccc2Cl)c1. The van der Waals surface area contributed by atoms with Crippen molar-refractivity contribution < 1.29 is 0 Å². The maximum Gasteiger partial charge on any atom is 0.0438 e. The van der Waals surface area contributed by atoms with E-state index in [1.807, 2.05) is 18.2 Å². The van der Waals surface area contributed by atoms with E-state index in [1.165, 1.54) is 16.7 Å². The van der Waals surface area contributed by atoms with Gasteiger partial charge in [0.15, 0.2) is 0 Å². The minimum absolute atomic E-state index is 0.862. The van der Waals surface area contributed by atoms with Gasteiger partial charge < -0.3 is 10.6 Å². The van der Waals surface area contributed by atoms with Crippen LogP contribution in [0.3, 0.4) is 0 Å². The first-order chi connectivity index (χ1) is 10.8. The number of nitrogens with one attached hydrogen (secondary N) is 2. The van der Waals surface area contributed by atoms with Gasteiger partial charge >= 0.3 is 0 Å². The number of halogens is 1. The lowest BCUT2D eigenvalue weighted by Gasteiger charge is -2.08. The number of benzene rings is 2. The lowest BCUT2D eigenvalue weighted by Crippen LogP contribution is -2.29. The van der Waals surface area contributed by atoms with Crippen molar-refractivity contribution in [3.63, 3.8) is 0 Å². The molecule has 22 heavy (non-hydrogen) atoms. The van der Waals surface area contributed by atoms with Gasteiger partial charge in [-0.05, 0) is 50.0 Å². The average Bonchev–Trinajstić information content (AvgIpc) is 2.51. The van der Waals surface area contributed by atoms with E-state index in [0.29, 0.717) is 0 Å². The van der Waals surface area contributed by atoms with Crippen molar-refractivity contribution in [1.29, 1.82) is 0 Å². The van der Waals surface area contributed by atoms with E-state index < -0.39 is 0 Å². The van der Waals surface area contributed by atoms with Gasteiger partial charge in [0.05, 0.1) is 0 Å². The summed E-state index contributed by atoms with van der Waals surface area (Å²) in [4.78, 5) is 0. The molecule has 0 heterocycles. The molecule has 2 rings (SSSR count). The standard InChI is InChI=1S/C19H25ClN2/c1-16-5-4-6-17(15-16)9-11-21-13-14-22-12-10-18-7-2-3-8-19(18)20/h2-8,15,21-22H,9-14H2,1H3. The molecule has 3 heteroatoms. The van der Waals surface area contributed by atoms with Crippen LogP contribution in [0.5, 0.6) is 0 Å². The lowest BCUT2D eigenvalue weighted by molar-refractivity contribution is 0.611. The molecule has 0 amide bonds. The van der Waals surface area contributed by atoms with Crippen LogP contribution in [0.4, 0.5) is 0 Å². The van der Waals surface area contributed by atoms with Crippen LogP contribution in [0.1, 0.15) is 16.7 Å². The van der Waals surface area contributed by atoms with E-state index in [2.05, 4.69) is 47.9 Å². The summed E-state index contributed by atoms with van der Waals surface area (Å²) in [5.41, 5.74) is 3.95. The zero-order valence-electron chi connectivity index (χ0n) is 13.2. The van der Waals surface area contributed by atoms with Gasteiger partial charge in [-0.3, -0.25) is 0 Å². The summed E-state index contributed by atoms with van der Waals surface area (Å²) in [5, 5.41) is 7.78. The van der Waals surface area contributed by atoms with Crippen LogP contribution < -0.4 is 10.6 Å². The highest BCUT2D eigenvalue weighted by Gasteiger charge is 1.98. The van der Waals surface area contributed by atoms with Gasteiger partial charge in [0.2, 0.25) is 0 Å². The molecule has 0 aliphatic rings. The summed E-state index contributed by atoms with van der Waals surface area (Å²) in [6, 6.07) is 16.8. The Morgan fingerprint density at radius 2 is 1.55 bits per heavy atom. The molecule has 0 spiro atoms. The Kier molecular flexibility index (Phi) is 7.44. The fourth-order valence-electron chi connectivity index (χ4n) is 2.45. The molecular weight excluding hydrogens is 292 g/mol. The normalized spacial score (nSPS) is 10.8. The summed E-state index contributed by atoms with van der Waals surface area (Å²) in [7, 11) is 0. The van der Waals surface area contributed by atoms with E-state index in [0.717, 1.165) is 44.0 Å². The molecule has 2 N–H and O–H groups in total. The Balaban J connectivity index is 1.50. The van der Waals surface area contributed by atoms with Crippen LogP contribution in [0.15, 0.2) is 48.5 Å². The van der Waals surface area contributed by atoms with Gasteiger partial charge in [-0.15, -0.1) is 0 Å². The molecule has 2 aromatic carbocycles. The summed E-state index contributed by atoms with van der Waals surface area (Å²) in [5.74, 6) is 0. The third kappa shape index (κ3) is 6.18.